The Morgan fingerprint density at radius 2 is 1.65 bits per heavy atom. The molecule has 0 aromatic heterocycles. The van der Waals surface area contributed by atoms with E-state index < -0.39 is 32.2 Å². The fourth-order valence-electron chi connectivity index (χ4n) is 1.55. The molecule has 0 saturated carbocycles. The number of hydrogen-bond donors (Lipinski definition) is 0. The minimum absolute atomic E-state index is 0.0985. The first-order valence-electron chi connectivity index (χ1n) is 4.37. The quantitative estimate of drug-likeness (QED) is 0.581. The van der Waals surface area contributed by atoms with E-state index in [-0.39, 0.29) is 11.1 Å². The van der Waals surface area contributed by atoms with Crippen LogP contribution in [0.25, 0.3) is 0 Å². The molecule has 0 saturated heterocycles. The lowest BCUT2D eigenvalue weighted by Crippen LogP contribution is -2.19. The monoisotopic (exact) mass is 271 g/mol. The van der Waals surface area contributed by atoms with Crippen molar-refractivity contribution in [3.8, 4) is 0 Å². The van der Waals surface area contributed by atoms with Crippen molar-refractivity contribution in [3.05, 3.63) is 49.5 Å². The van der Waals surface area contributed by atoms with Gasteiger partial charge in [0, 0.05) is 11.6 Å². The van der Waals surface area contributed by atoms with Crippen LogP contribution in [-0.2, 0) is 0 Å². The zero-order valence-electron chi connectivity index (χ0n) is 8.07. The van der Waals surface area contributed by atoms with Crippen LogP contribution in [0, 0.1) is 10.1 Å². The zero-order chi connectivity index (χ0) is 12.7. The average Bonchev–Trinajstić information content (AvgIpc) is 2.32. The SMILES string of the molecule is O=C1C(Cl)=C(Cl)C(=O)c2c1cccc2[N+](=O)[O-]. The van der Waals surface area contributed by atoms with E-state index >= 15 is 0 Å². The number of hydrogen-bond acceptors (Lipinski definition) is 4. The molecule has 0 heterocycles. The summed E-state index contributed by atoms with van der Waals surface area (Å²) in [4.78, 5) is 33.5. The lowest BCUT2D eigenvalue weighted by molar-refractivity contribution is -0.385. The molecule has 0 amide bonds. The first-order chi connectivity index (χ1) is 7.95. The summed E-state index contributed by atoms with van der Waals surface area (Å²) < 4.78 is 0. The maximum atomic E-state index is 11.8. The van der Waals surface area contributed by atoms with Gasteiger partial charge in [-0.1, -0.05) is 29.3 Å². The largest absolute Gasteiger partial charge is 0.288 e. The molecule has 0 atom stereocenters. The molecule has 0 radical (unpaired) electrons. The van der Waals surface area contributed by atoms with Crippen molar-refractivity contribution in [3.63, 3.8) is 0 Å². The molecule has 1 aromatic rings. The highest BCUT2D eigenvalue weighted by atomic mass is 35.5. The smallest absolute Gasteiger partial charge is 0.281 e. The molecule has 5 nitrogen and oxygen atoms in total. The van der Waals surface area contributed by atoms with Crippen LogP contribution >= 0.6 is 23.2 Å². The van der Waals surface area contributed by atoms with Crippen LogP contribution in [0.1, 0.15) is 20.7 Å². The van der Waals surface area contributed by atoms with Crippen molar-refractivity contribution >= 4 is 40.5 Å². The Kier molecular flexibility index (Phi) is 2.73. The standard InChI is InChI=1S/C10H3Cl2NO4/c11-7-8(12)10(15)6-4(9(7)14)2-1-3-5(6)13(16)17/h1-3H. The number of allylic oxidation sites excluding steroid dienone is 2. The molecule has 0 N–H and O–H groups in total. The van der Waals surface area contributed by atoms with Gasteiger partial charge in [-0.05, 0) is 6.07 Å². The number of nitrogens with zero attached hydrogens (tertiary/aromatic N) is 1. The summed E-state index contributed by atoms with van der Waals surface area (Å²) in [6, 6.07) is 3.74. The Morgan fingerprint density at radius 1 is 1.06 bits per heavy atom. The van der Waals surface area contributed by atoms with E-state index in [4.69, 9.17) is 23.2 Å². The summed E-state index contributed by atoms with van der Waals surface area (Å²) in [5.41, 5.74) is -0.862. The summed E-state index contributed by atoms with van der Waals surface area (Å²) in [5.74, 6) is -1.49. The molecule has 0 aliphatic heterocycles. The predicted octanol–water partition coefficient (Wildman–Crippen LogP) is 2.66. The van der Waals surface area contributed by atoms with Crippen molar-refractivity contribution in [1.82, 2.24) is 0 Å². The van der Waals surface area contributed by atoms with Crippen LogP contribution < -0.4 is 0 Å². The molecular formula is C10H3Cl2NO4. The Labute approximate surface area is 105 Å². The van der Waals surface area contributed by atoms with Gasteiger partial charge >= 0.3 is 0 Å². The molecule has 2 rings (SSSR count). The van der Waals surface area contributed by atoms with E-state index in [9.17, 15) is 19.7 Å². The third-order valence-corrected chi connectivity index (χ3v) is 3.12. The van der Waals surface area contributed by atoms with E-state index in [0.29, 0.717) is 0 Å². The Bertz CT molecular complexity index is 606. The average molecular weight is 272 g/mol. The van der Waals surface area contributed by atoms with E-state index in [2.05, 4.69) is 0 Å². The number of nitro benzene ring substituents is 1. The molecule has 0 bridgehead atoms. The molecule has 0 spiro atoms. The molecule has 1 aliphatic carbocycles. The van der Waals surface area contributed by atoms with E-state index in [0.717, 1.165) is 6.07 Å². The summed E-state index contributed by atoms with van der Waals surface area (Å²) in [7, 11) is 0. The van der Waals surface area contributed by atoms with Crippen LogP contribution in [0.3, 0.4) is 0 Å². The number of Topliss-reactive ketones (excluding diaryl/α,β-unsaturated/α-hetero) is 2. The molecule has 86 valence electrons. The van der Waals surface area contributed by atoms with Crippen molar-refractivity contribution < 1.29 is 14.5 Å². The lowest BCUT2D eigenvalue weighted by atomic mass is 9.93. The Hall–Kier alpha value is -1.72. The van der Waals surface area contributed by atoms with Gasteiger partial charge in [-0.3, -0.25) is 19.7 Å². The van der Waals surface area contributed by atoms with Gasteiger partial charge in [-0.15, -0.1) is 0 Å². The highest BCUT2D eigenvalue weighted by Crippen LogP contribution is 2.35. The van der Waals surface area contributed by atoms with Crippen molar-refractivity contribution in [2.75, 3.05) is 0 Å². The van der Waals surface area contributed by atoms with Gasteiger partial charge in [0.2, 0.25) is 11.6 Å². The number of halogens is 2. The molecular weight excluding hydrogens is 269 g/mol. The van der Waals surface area contributed by atoms with Crippen LogP contribution in [0.15, 0.2) is 28.3 Å². The van der Waals surface area contributed by atoms with Crippen LogP contribution in [0.5, 0.6) is 0 Å². The molecule has 1 aromatic carbocycles. The number of ketones is 2. The molecule has 7 heteroatoms. The first kappa shape index (κ1) is 11.8. The number of fused-ring (bicyclic) bond motifs is 1. The van der Waals surface area contributed by atoms with Gasteiger partial charge in [0.15, 0.2) is 0 Å². The summed E-state index contributed by atoms with van der Waals surface area (Å²) >= 11 is 11.2. The van der Waals surface area contributed by atoms with Crippen LogP contribution in [0.2, 0.25) is 0 Å². The fraction of sp³-hybridized carbons (Fsp3) is 0. The number of benzene rings is 1. The maximum Gasteiger partial charge on any atom is 0.281 e. The second kappa shape index (κ2) is 3.94. The number of nitro groups is 1. The van der Waals surface area contributed by atoms with Crippen molar-refractivity contribution in [2.24, 2.45) is 0 Å². The third-order valence-electron chi connectivity index (χ3n) is 2.30. The van der Waals surface area contributed by atoms with Gasteiger partial charge in [0.1, 0.15) is 15.6 Å². The minimum atomic E-state index is -0.807. The van der Waals surface area contributed by atoms with Crippen LogP contribution in [0.4, 0.5) is 5.69 Å². The first-order valence-corrected chi connectivity index (χ1v) is 5.12. The van der Waals surface area contributed by atoms with Crippen molar-refractivity contribution in [1.29, 1.82) is 0 Å². The minimum Gasteiger partial charge on any atom is -0.288 e. The highest BCUT2D eigenvalue weighted by Gasteiger charge is 2.35. The predicted molar refractivity (Wildman–Crippen MR) is 60.5 cm³/mol. The normalized spacial score (nSPS) is 14.9. The second-order valence-corrected chi connectivity index (χ2v) is 4.00. The third kappa shape index (κ3) is 1.64. The molecule has 1 aliphatic rings. The molecule has 0 fully saturated rings. The Balaban J connectivity index is 2.81. The van der Waals surface area contributed by atoms with Gasteiger partial charge in [-0.2, -0.15) is 0 Å². The fourth-order valence-corrected chi connectivity index (χ4v) is 1.92. The molecule has 17 heavy (non-hydrogen) atoms. The van der Waals surface area contributed by atoms with Gasteiger partial charge in [0.25, 0.3) is 5.69 Å². The van der Waals surface area contributed by atoms with Crippen molar-refractivity contribution in [2.45, 2.75) is 0 Å². The topological polar surface area (TPSA) is 77.3 Å². The second-order valence-electron chi connectivity index (χ2n) is 3.24. The summed E-state index contributed by atoms with van der Waals surface area (Å²) in [6.45, 7) is 0. The van der Waals surface area contributed by atoms with E-state index in [1.54, 1.807) is 0 Å². The van der Waals surface area contributed by atoms with Gasteiger partial charge in [-0.25, -0.2) is 0 Å². The van der Waals surface area contributed by atoms with Gasteiger partial charge in [0.05, 0.1) is 4.92 Å². The Morgan fingerprint density at radius 3 is 2.24 bits per heavy atom. The summed E-state index contributed by atoms with van der Waals surface area (Å²) in [5, 5.41) is 9.86. The zero-order valence-corrected chi connectivity index (χ0v) is 9.58. The summed E-state index contributed by atoms with van der Waals surface area (Å²) in [6.07, 6.45) is 0. The highest BCUT2D eigenvalue weighted by molar-refractivity contribution is 6.59. The van der Waals surface area contributed by atoms with E-state index in [1.165, 1.54) is 12.1 Å². The maximum absolute atomic E-state index is 11.8. The van der Waals surface area contributed by atoms with Gasteiger partial charge < -0.3 is 0 Å². The lowest BCUT2D eigenvalue weighted by Gasteiger charge is -2.13. The number of carbonyl (C=O) groups excluding carboxylic acids is 2. The molecule has 0 unspecified atom stereocenters. The van der Waals surface area contributed by atoms with E-state index in [1.807, 2.05) is 0 Å². The number of rotatable bonds is 1. The van der Waals surface area contributed by atoms with Crippen LogP contribution in [-0.4, -0.2) is 16.5 Å². The number of carbonyl (C=O) groups is 2.